The molecule has 0 radical (unpaired) electrons. The lowest BCUT2D eigenvalue weighted by atomic mass is 9.56. The lowest BCUT2D eigenvalue weighted by molar-refractivity contribution is -0.115. The van der Waals surface area contributed by atoms with E-state index in [-0.39, 0.29) is 11.2 Å². The van der Waals surface area contributed by atoms with Gasteiger partial charge in [-0.3, -0.25) is 4.79 Å². The van der Waals surface area contributed by atoms with Gasteiger partial charge in [-0.15, -0.1) is 11.8 Å². The van der Waals surface area contributed by atoms with Gasteiger partial charge >= 0.3 is 0 Å². The van der Waals surface area contributed by atoms with Gasteiger partial charge < -0.3 is 14.8 Å². The second kappa shape index (κ2) is 6.99. The highest BCUT2D eigenvalue weighted by atomic mass is 32.2. The van der Waals surface area contributed by atoms with Crippen LogP contribution in [-0.2, 0) is 4.79 Å². The van der Waals surface area contributed by atoms with Crippen molar-refractivity contribution in [1.82, 2.24) is 0 Å². The minimum Gasteiger partial charge on any atom is -0.497 e. The van der Waals surface area contributed by atoms with Crippen LogP contribution in [0, 0.1) is 17.8 Å². The summed E-state index contributed by atoms with van der Waals surface area (Å²) in [7, 11) is 3.23. The molecule has 0 spiro atoms. The first-order chi connectivity index (χ1) is 12.5. The van der Waals surface area contributed by atoms with Crippen molar-refractivity contribution in [3.63, 3.8) is 0 Å². The van der Waals surface area contributed by atoms with E-state index in [0.29, 0.717) is 16.2 Å². The largest absolute Gasteiger partial charge is 0.497 e. The van der Waals surface area contributed by atoms with E-state index in [4.69, 9.17) is 9.47 Å². The van der Waals surface area contributed by atoms with Crippen molar-refractivity contribution >= 4 is 23.4 Å². The van der Waals surface area contributed by atoms with Crippen LogP contribution in [0.4, 0.5) is 5.69 Å². The summed E-state index contributed by atoms with van der Waals surface area (Å²) >= 11 is 1.93. The van der Waals surface area contributed by atoms with Crippen LogP contribution >= 0.6 is 11.8 Å². The number of amides is 1. The van der Waals surface area contributed by atoms with Crippen LogP contribution in [0.2, 0.25) is 0 Å². The van der Waals surface area contributed by atoms with E-state index >= 15 is 0 Å². The Balaban J connectivity index is 1.42. The molecule has 4 bridgehead atoms. The Kier molecular flexibility index (Phi) is 4.84. The molecule has 1 amide bonds. The topological polar surface area (TPSA) is 47.6 Å². The molecular weight excluding hydrogens is 346 g/mol. The third kappa shape index (κ3) is 3.55. The van der Waals surface area contributed by atoms with Gasteiger partial charge in [-0.25, -0.2) is 0 Å². The quantitative estimate of drug-likeness (QED) is 0.781. The fourth-order valence-corrected chi connectivity index (χ4v) is 7.64. The molecule has 4 fully saturated rings. The fraction of sp³-hybridized carbons (Fsp3) is 0.667. The van der Waals surface area contributed by atoms with Gasteiger partial charge in [0.1, 0.15) is 11.5 Å². The number of carbonyl (C=O) groups excluding carboxylic acids is 1. The first-order valence-corrected chi connectivity index (χ1v) is 10.6. The van der Waals surface area contributed by atoms with Crippen LogP contribution in [0.3, 0.4) is 0 Å². The average molecular weight is 376 g/mol. The number of anilines is 1. The van der Waals surface area contributed by atoms with Crippen LogP contribution in [0.15, 0.2) is 18.2 Å². The van der Waals surface area contributed by atoms with Crippen molar-refractivity contribution in [2.45, 2.75) is 55.4 Å². The Morgan fingerprint density at radius 3 is 2.00 bits per heavy atom. The van der Waals surface area contributed by atoms with E-state index < -0.39 is 0 Å². The molecule has 0 aromatic heterocycles. The van der Waals surface area contributed by atoms with Crippen molar-refractivity contribution in [1.29, 1.82) is 0 Å². The molecule has 0 saturated heterocycles. The van der Waals surface area contributed by atoms with E-state index in [1.807, 2.05) is 30.0 Å². The Morgan fingerprint density at radius 1 is 1.04 bits per heavy atom. The van der Waals surface area contributed by atoms with Gasteiger partial charge in [-0.1, -0.05) is 0 Å². The van der Waals surface area contributed by atoms with Gasteiger partial charge in [0.25, 0.3) is 0 Å². The Hall–Kier alpha value is -1.36. The van der Waals surface area contributed by atoms with Crippen molar-refractivity contribution in [3.05, 3.63) is 18.2 Å². The maximum atomic E-state index is 12.8. The Bertz CT molecular complexity index is 632. The highest BCUT2D eigenvalue weighted by Crippen LogP contribution is 2.61. The Morgan fingerprint density at radius 2 is 1.54 bits per heavy atom. The lowest BCUT2D eigenvalue weighted by Gasteiger charge is -2.57. The molecule has 1 unspecified atom stereocenters. The molecule has 0 aliphatic heterocycles. The van der Waals surface area contributed by atoms with E-state index in [0.717, 1.165) is 23.4 Å². The van der Waals surface area contributed by atoms with Gasteiger partial charge in [-0.05, 0) is 63.2 Å². The zero-order valence-electron chi connectivity index (χ0n) is 15.9. The first-order valence-electron chi connectivity index (χ1n) is 9.70. The third-order valence-electron chi connectivity index (χ3n) is 6.40. The molecule has 0 heterocycles. The van der Waals surface area contributed by atoms with Gasteiger partial charge in [0, 0.05) is 28.6 Å². The number of rotatable bonds is 6. The standard InChI is InChI=1S/C21H29NO3S/c1-13(20(23)22-17-7-18(24-2)9-19(8-17)25-3)26-21-10-14-4-15(11-21)6-16(5-14)12-21/h7-9,13-16H,4-6,10-12H2,1-3H3,(H,22,23). The van der Waals surface area contributed by atoms with Crippen molar-refractivity contribution in [3.8, 4) is 11.5 Å². The van der Waals surface area contributed by atoms with Crippen LogP contribution in [0.1, 0.15) is 45.4 Å². The highest BCUT2D eigenvalue weighted by molar-refractivity contribution is 8.01. The molecule has 4 aliphatic rings. The van der Waals surface area contributed by atoms with E-state index in [1.165, 1.54) is 38.5 Å². The second-order valence-electron chi connectivity index (χ2n) is 8.45. The average Bonchev–Trinajstić information content (AvgIpc) is 2.59. The van der Waals surface area contributed by atoms with E-state index in [9.17, 15) is 4.79 Å². The van der Waals surface area contributed by atoms with Gasteiger partial charge in [-0.2, -0.15) is 0 Å². The summed E-state index contributed by atoms with van der Waals surface area (Å²) in [6.07, 6.45) is 8.24. The van der Waals surface area contributed by atoms with Gasteiger partial charge in [0.15, 0.2) is 0 Å². The summed E-state index contributed by atoms with van der Waals surface area (Å²) < 4.78 is 10.9. The first kappa shape index (κ1) is 18.0. The molecule has 4 aliphatic carbocycles. The summed E-state index contributed by atoms with van der Waals surface area (Å²) in [4.78, 5) is 12.8. The van der Waals surface area contributed by atoms with Crippen LogP contribution in [-0.4, -0.2) is 30.1 Å². The van der Waals surface area contributed by atoms with Crippen LogP contribution < -0.4 is 14.8 Å². The SMILES string of the molecule is COc1cc(NC(=O)C(C)SC23CC4CC(CC(C4)C2)C3)cc(OC)c1. The summed E-state index contributed by atoms with van der Waals surface area (Å²) in [6, 6.07) is 5.48. The van der Waals surface area contributed by atoms with Gasteiger partial charge in [0.2, 0.25) is 5.91 Å². The molecule has 5 heteroatoms. The predicted octanol–water partition coefficient (Wildman–Crippen LogP) is 4.73. The number of thioether (sulfide) groups is 1. The molecule has 4 nitrogen and oxygen atoms in total. The molecule has 142 valence electrons. The van der Waals surface area contributed by atoms with Crippen molar-refractivity contribution in [2.75, 3.05) is 19.5 Å². The zero-order chi connectivity index (χ0) is 18.3. The summed E-state index contributed by atoms with van der Waals surface area (Å²) in [5.41, 5.74) is 0.726. The fourth-order valence-electron chi connectivity index (χ4n) is 5.73. The monoisotopic (exact) mass is 375 g/mol. The maximum absolute atomic E-state index is 12.8. The second-order valence-corrected chi connectivity index (χ2v) is 10.3. The number of carbonyl (C=O) groups is 1. The number of ether oxygens (including phenoxy) is 2. The zero-order valence-corrected chi connectivity index (χ0v) is 16.7. The molecule has 1 N–H and O–H groups in total. The predicted molar refractivity (Wildman–Crippen MR) is 106 cm³/mol. The summed E-state index contributed by atoms with van der Waals surface area (Å²) in [5.74, 6) is 4.16. The van der Waals surface area contributed by atoms with Gasteiger partial charge in [0.05, 0.1) is 19.5 Å². The summed E-state index contributed by atoms with van der Waals surface area (Å²) in [5, 5.41) is 3.00. The molecule has 5 rings (SSSR count). The minimum atomic E-state index is -0.0524. The number of benzene rings is 1. The molecule has 26 heavy (non-hydrogen) atoms. The normalized spacial score (nSPS) is 33.0. The van der Waals surface area contributed by atoms with E-state index in [1.54, 1.807) is 14.2 Å². The van der Waals surface area contributed by atoms with Crippen LogP contribution in [0.25, 0.3) is 0 Å². The number of methoxy groups -OCH3 is 2. The molecule has 1 atom stereocenters. The van der Waals surface area contributed by atoms with Crippen molar-refractivity contribution in [2.24, 2.45) is 17.8 Å². The molecule has 4 saturated carbocycles. The Labute approximate surface area is 160 Å². The molecule has 1 aromatic carbocycles. The molecule has 1 aromatic rings. The van der Waals surface area contributed by atoms with Crippen LogP contribution in [0.5, 0.6) is 11.5 Å². The highest BCUT2D eigenvalue weighted by Gasteiger charge is 2.52. The minimum absolute atomic E-state index is 0.0524. The number of hydrogen-bond acceptors (Lipinski definition) is 4. The molecular formula is C21H29NO3S. The maximum Gasteiger partial charge on any atom is 0.237 e. The lowest BCUT2D eigenvalue weighted by Crippen LogP contribution is -2.49. The number of hydrogen-bond donors (Lipinski definition) is 1. The van der Waals surface area contributed by atoms with Crippen molar-refractivity contribution < 1.29 is 14.3 Å². The number of nitrogens with one attached hydrogen (secondary N) is 1. The third-order valence-corrected chi connectivity index (χ3v) is 7.96. The summed E-state index contributed by atoms with van der Waals surface area (Å²) in [6.45, 7) is 2.05. The van der Waals surface area contributed by atoms with E-state index in [2.05, 4.69) is 12.2 Å². The smallest absolute Gasteiger partial charge is 0.237 e.